The van der Waals surface area contributed by atoms with E-state index in [4.69, 9.17) is 11.6 Å². The van der Waals surface area contributed by atoms with Gasteiger partial charge in [-0.05, 0) is 37.1 Å². The molecule has 4 nitrogen and oxygen atoms in total. The molecule has 1 aliphatic carbocycles. The minimum absolute atomic E-state index is 0.0790. The van der Waals surface area contributed by atoms with Gasteiger partial charge in [0.2, 0.25) is 0 Å². The first kappa shape index (κ1) is 15.0. The third kappa shape index (κ3) is 3.05. The molecule has 1 amide bonds. The largest absolute Gasteiger partial charge is 0.349 e. The lowest BCUT2D eigenvalue weighted by molar-refractivity contribution is 0.0951. The third-order valence-corrected chi connectivity index (χ3v) is 4.26. The lowest BCUT2D eigenvalue weighted by Crippen LogP contribution is -2.25. The van der Waals surface area contributed by atoms with Crippen LogP contribution in [0.4, 0.5) is 0 Å². The molecule has 24 heavy (non-hydrogen) atoms. The van der Waals surface area contributed by atoms with Crippen LogP contribution in [0.2, 0.25) is 5.02 Å². The Morgan fingerprint density at radius 2 is 1.79 bits per heavy atom. The fourth-order valence-corrected chi connectivity index (χ4v) is 2.69. The second kappa shape index (κ2) is 6.13. The van der Waals surface area contributed by atoms with Crippen molar-refractivity contribution >= 4 is 17.5 Å². The molecule has 0 bridgehead atoms. The highest BCUT2D eigenvalue weighted by Gasteiger charge is 2.26. The Kier molecular flexibility index (Phi) is 3.82. The second-order valence-corrected chi connectivity index (χ2v) is 6.36. The summed E-state index contributed by atoms with van der Waals surface area (Å²) in [5.41, 5.74) is 3.02. The summed E-state index contributed by atoms with van der Waals surface area (Å²) in [6.07, 6.45) is 3.89. The first-order chi connectivity index (χ1) is 11.7. The van der Waals surface area contributed by atoms with Crippen molar-refractivity contribution in [1.29, 1.82) is 0 Å². The lowest BCUT2D eigenvalue weighted by Gasteiger charge is -2.03. The van der Waals surface area contributed by atoms with E-state index in [9.17, 15) is 4.79 Å². The molecule has 3 aromatic rings. The van der Waals surface area contributed by atoms with Crippen LogP contribution < -0.4 is 5.32 Å². The summed E-state index contributed by atoms with van der Waals surface area (Å²) in [5.74, 6) is -0.0790. The number of hydrogen-bond acceptors (Lipinski definition) is 2. The molecule has 0 aliphatic heterocycles. The summed E-state index contributed by atoms with van der Waals surface area (Å²) in [4.78, 5) is 12.6. The Morgan fingerprint density at radius 3 is 2.46 bits per heavy atom. The number of carbonyl (C=O) groups excluding carboxylic acids is 1. The number of carbonyl (C=O) groups is 1. The first-order valence-electron chi connectivity index (χ1n) is 7.92. The average Bonchev–Trinajstić information content (AvgIpc) is 3.31. The van der Waals surface area contributed by atoms with Crippen LogP contribution in [0.1, 0.15) is 23.2 Å². The quantitative estimate of drug-likeness (QED) is 0.779. The van der Waals surface area contributed by atoms with Gasteiger partial charge in [-0.25, -0.2) is 4.68 Å². The lowest BCUT2D eigenvalue weighted by atomic mass is 10.1. The summed E-state index contributed by atoms with van der Waals surface area (Å²) in [5, 5.41) is 8.34. The second-order valence-electron chi connectivity index (χ2n) is 5.93. The molecular weight excluding hydrogens is 322 g/mol. The van der Waals surface area contributed by atoms with E-state index < -0.39 is 0 Å². The molecule has 2 aromatic carbocycles. The van der Waals surface area contributed by atoms with Gasteiger partial charge in [0, 0.05) is 22.8 Å². The topological polar surface area (TPSA) is 46.9 Å². The van der Waals surface area contributed by atoms with E-state index in [1.807, 2.05) is 42.5 Å². The number of amides is 1. The van der Waals surface area contributed by atoms with Gasteiger partial charge >= 0.3 is 0 Å². The molecule has 120 valence electrons. The molecule has 1 heterocycles. The third-order valence-electron chi connectivity index (χ3n) is 4.01. The Bertz CT molecular complexity index is 867. The Hall–Kier alpha value is -2.59. The van der Waals surface area contributed by atoms with Crippen LogP contribution in [0.15, 0.2) is 60.8 Å². The fourth-order valence-electron chi connectivity index (χ4n) is 2.56. The summed E-state index contributed by atoms with van der Waals surface area (Å²) >= 11 is 5.97. The van der Waals surface area contributed by atoms with Crippen molar-refractivity contribution in [2.75, 3.05) is 0 Å². The summed E-state index contributed by atoms with van der Waals surface area (Å²) in [7, 11) is 0. The van der Waals surface area contributed by atoms with Crippen molar-refractivity contribution in [2.24, 2.45) is 0 Å². The number of para-hydroxylation sites is 1. The molecule has 1 N–H and O–H groups in total. The van der Waals surface area contributed by atoms with E-state index in [1.165, 1.54) is 0 Å². The minimum Gasteiger partial charge on any atom is -0.349 e. The number of nitrogens with one attached hydrogen (secondary N) is 1. The van der Waals surface area contributed by atoms with Crippen LogP contribution in [0.5, 0.6) is 0 Å². The average molecular weight is 338 g/mol. The molecule has 1 fully saturated rings. The highest BCUT2D eigenvalue weighted by molar-refractivity contribution is 6.30. The molecule has 1 aromatic heterocycles. The summed E-state index contributed by atoms with van der Waals surface area (Å²) in [6.45, 7) is 0. The van der Waals surface area contributed by atoms with Crippen molar-refractivity contribution in [3.05, 3.63) is 71.4 Å². The van der Waals surface area contributed by atoms with Gasteiger partial charge < -0.3 is 5.32 Å². The summed E-state index contributed by atoms with van der Waals surface area (Å²) < 4.78 is 1.74. The fraction of sp³-hybridized carbons (Fsp3) is 0.158. The zero-order chi connectivity index (χ0) is 16.5. The Morgan fingerprint density at radius 1 is 1.08 bits per heavy atom. The standard InChI is InChI=1S/C19H16ClN3O/c20-14-8-6-13(7-9-14)18-17(19(24)21-15-10-11-15)12-23(22-18)16-4-2-1-3-5-16/h1-9,12,15H,10-11H2,(H,21,24). The van der Waals surface area contributed by atoms with Crippen molar-refractivity contribution in [1.82, 2.24) is 15.1 Å². The number of hydrogen-bond donors (Lipinski definition) is 1. The van der Waals surface area contributed by atoms with E-state index >= 15 is 0 Å². The maximum absolute atomic E-state index is 12.6. The number of aromatic nitrogens is 2. The first-order valence-corrected chi connectivity index (χ1v) is 8.30. The molecule has 0 saturated heterocycles. The van der Waals surface area contributed by atoms with Gasteiger partial charge in [0.25, 0.3) is 5.91 Å². The van der Waals surface area contributed by atoms with Crippen LogP contribution in [0, 0.1) is 0 Å². The molecule has 1 aliphatic rings. The van der Waals surface area contributed by atoms with Crippen molar-refractivity contribution < 1.29 is 4.79 Å². The van der Waals surface area contributed by atoms with E-state index in [2.05, 4.69) is 10.4 Å². The van der Waals surface area contributed by atoms with Crippen molar-refractivity contribution in [3.8, 4) is 16.9 Å². The minimum atomic E-state index is -0.0790. The van der Waals surface area contributed by atoms with Crippen molar-refractivity contribution in [2.45, 2.75) is 18.9 Å². The Labute approximate surface area is 145 Å². The van der Waals surface area contributed by atoms with E-state index in [1.54, 1.807) is 23.0 Å². The normalized spacial score (nSPS) is 13.7. The number of halogens is 1. The molecule has 0 atom stereocenters. The van der Waals surface area contributed by atoms with Gasteiger partial charge in [0.15, 0.2) is 0 Å². The predicted molar refractivity (Wildman–Crippen MR) is 94.5 cm³/mol. The SMILES string of the molecule is O=C(NC1CC1)c1cn(-c2ccccc2)nc1-c1ccc(Cl)cc1. The van der Waals surface area contributed by atoms with Crippen LogP contribution in [-0.4, -0.2) is 21.7 Å². The van der Waals surface area contributed by atoms with Gasteiger partial charge in [-0.15, -0.1) is 0 Å². The van der Waals surface area contributed by atoms with Gasteiger partial charge in [0.05, 0.1) is 11.3 Å². The molecular formula is C19H16ClN3O. The van der Waals surface area contributed by atoms with Crippen LogP contribution in [0.25, 0.3) is 16.9 Å². The van der Waals surface area contributed by atoms with E-state index in [0.29, 0.717) is 22.3 Å². The highest BCUT2D eigenvalue weighted by Crippen LogP contribution is 2.26. The molecule has 5 heteroatoms. The highest BCUT2D eigenvalue weighted by atomic mass is 35.5. The predicted octanol–water partition coefficient (Wildman–Crippen LogP) is 4.08. The van der Waals surface area contributed by atoms with Gasteiger partial charge in [-0.3, -0.25) is 4.79 Å². The van der Waals surface area contributed by atoms with Crippen LogP contribution in [0.3, 0.4) is 0 Å². The summed E-state index contributed by atoms with van der Waals surface area (Å²) in [6, 6.07) is 17.4. The zero-order valence-electron chi connectivity index (χ0n) is 12.9. The molecule has 4 rings (SSSR count). The van der Waals surface area contributed by atoms with Crippen LogP contribution >= 0.6 is 11.6 Å². The monoisotopic (exact) mass is 337 g/mol. The van der Waals surface area contributed by atoms with Gasteiger partial charge in [0.1, 0.15) is 5.69 Å². The zero-order valence-corrected chi connectivity index (χ0v) is 13.7. The number of nitrogens with zero attached hydrogens (tertiary/aromatic N) is 2. The maximum Gasteiger partial charge on any atom is 0.255 e. The van der Waals surface area contributed by atoms with E-state index in [-0.39, 0.29) is 5.91 Å². The number of rotatable bonds is 4. The molecule has 0 radical (unpaired) electrons. The molecule has 1 saturated carbocycles. The van der Waals surface area contributed by atoms with Crippen LogP contribution in [-0.2, 0) is 0 Å². The van der Waals surface area contributed by atoms with E-state index in [0.717, 1.165) is 24.1 Å². The Balaban J connectivity index is 1.78. The van der Waals surface area contributed by atoms with Gasteiger partial charge in [-0.2, -0.15) is 5.10 Å². The molecule has 0 unspecified atom stereocenters. The number of benzene rings is 2. The molecule has 0 spiro atoms. The van der Waals surface area contributed by atoms with Gasteiger partial charge in [-0.1, -0.05) is 41.9 Å². The maximum atomic E-state index is 12.6. The smallest absolute Gasteiger partial charge is 0.255 e. The van der Waals surface area contributed by atoms with Crippen molar-refractivity contribution in [3.63, 3.8) is 0 Å².